The average Bonchev–Trinajstić information content (AvgIpc) is 2.99. The number of hydrogen-bond acceptors (Lipinski definition) is 12. The van der Waals surface area contributed by atoms with Gasteiger partial charge in [0.25, 0.3) is 5.56 Å². The van der Waals surface area contributed by atoms with Gasteiger partial charge in [-0.25, -0.2) is 4.79 Å². The molecular weight excluding hydrogens is 439 g/mol. The smallest absolute Gasteiger partial charge is 0.594 e. The highest BCUT2D eigenvalue weighted by Crippen LogP contribution is 2.48. The second-order valence-electron chi connectivity index (χ2n) is 7.30. The quantitative estimate of drug-likeness (QED) is 0.103. The number of aliphatic hydroxyl groups is 2. The van der Waals surface area contributed by atoms with E-state index in [-0.39, 0.29) is 12.3 Å². The van der Waals surface area contributed by atoms with Crippen molar-refractivity contribution in [2.45, 2.75) is 50.8 Å². The van der Waals surface area contributed by atoms with Gasteiger partial charge in [0.1, 0.15) is 24.9 Å². The first-order valence-electron chi connectivity index (χ1n) is 9.33. The lowest BCUT2D eigenvalue weighted by Crippen LogP contribution is -2.45. The Balaban J connectivity index is 2.09. The average molecular weight is 466 g/mol. The third-order valence-electron chi connectivity index (χ3n) is 4.52. The minimum absolute atomic E-state index is 0.0225. The van der Waals surface area contributed by atoms with E-state index in [1.807, 2.05) is 18.8 Å². The lowest BCUT2D eigenvalue weighted by atomic mass is 10.1. The van der Waals surface area contributed by atoms with E-state index in [0.717, 1.165) is 23.9 Å². The van der Waals surface area contributed by atoms with E-state index in [9.17, 15) is 29.5 Å². The highest BCUT2D eigenvalue weighted by Gasteiger charge is 2.48. The first kappa shape index (κ1) is 25.5. The molecule has 0 saturated carbocycles. The molecule has 1 saturated heterocycles. The molecule has 0 amide bonds. The molecule has 1 aromatic rings. The van der Waals surface area contributed by atoms with Crippen LogP contribution < -0.4 is 27.1 Å². The topological polar surface area (TPSA) is 212 Å². The summed E-state index contributed by atoms with van der Waals surface area (Å²) in [5, 5.41) is 22.8. The molecule has 2 rings (SSSR count). The van der Waals surface area contributed by atoms with Gasteiger partial charge < -0.3 is 24.6 Å². The molecule has 1 aromatic heterocycles. The summed E-state index contributed by atoms with van der Waals surface area (Å²) in [5.41, 5.74) is -1.51. The van der Waals surface area contributed by atoms with Crippen LogP contribution in [0.5, 0.6) is 0 Å². The molecule has 14 nitrogen and oxygen atoms in total. The fourth-order valence-electron chi connectivity index (χ4n) is 3.00. The molecule has 1 aliphatic rings. The van der Waals surface area contributed by atoms with Crippen LogP contribution in [0.25, 0.3) is 0 Å². The van der Waals surface area contributed by atoms with Gasteiger partial charge in [0.15, 0.2) is 13.3 Å². The molecule has 1 fully saturated rings. The molecule has 0 spiro atoms. The molecule has 0 aromatic carbocycles. The molecule has 0 aliphatic carbocycles. The van der Waals surface area contributed by atoms with Crippen molar-refractivity contribution in [3.05, 3.63) is 33.1 Å². The SMILES string of the molecule is C[O+]C(=O)C(CC(C)C)N[P+]([O-])(ON)OC[C@@H]1O[C@H](n2ccc(=O)[nH]c2=O)[C@H](O)[C@H]1O. The summed E-state index contributed by atoms with van der Waals surface area (Å²) >= 11 is 0. The number of methoxy groups -OCH3 is 1. The van der Waals surface area contributed by atoms with Gasteiger partial charge in [0.05, 0.1) is 4.79 Å². The molecule has 15 heteroatoms. The number of carbonyl (C=O) groups is 1. The summed E-state index contributed by atoms with van der Waals surface area (Å²) in [4.78, 5) is 49.9. The Labute approximate surface area is 177 Å². The van der Waals surface area contributed by atoms with Crippen LogP contribution in [-0.2, 0) is 23.4 Å². The normalized spacial score (nSPS) is 26.6. The highest BCUT2D eigenvalue weighted by atomic mass is 31.2. The van der Waals surface area contributed by atoms with E-state index in [4.69, 9.17) is 15.2 Å². The number of aliphatic hydroxyl groups excluding tert-OH is 2. The zero-order valence-corrected chi connectivity index (χ0v) is 18.1. The number of H-pyrrole nitrogens is 1. The van der Waals surface area contributed by atoms with Gasteiger partial charge in [-0.1, -0.05) is 13.8 Å². The summed E-state index contributed by atoms with van der Waals surface area (Å²) in [6.45, 7) is 3.08. The van der Waals surface area contributed by atoms with Crippen molar-refractivity contribution in [2.24, 2.45) is 11.8 Å². The molecule has 175 valence electrons. The minimum Gasteiger partial charge on any atom is -0.615 e. The highest BCUT2D eigenvalue weighted by molar-refractivity contribution is 7.57. The third-order valence-corrected chi connectivity index (χ3v) is 5.91. The Kier molecular flexibility index (Phi) is 8.83. The predicted molar refractivity (Wildman–Crippen MR) is 104 cm³/mol. The molecule has 0 bridgehead atoms. The molecule has 2 unspecified atom stereocenters. The zero-order valence-electron chi connectivity index (χ0n) is 17.2. The van der Waals surface area contributed by atoms with Crippen LogP contribution >= 0.6 is 8.09 Å². The van der Waals surface area contributed by atoms with E-state index >= 15 is 0 Å². The van der Waals surface area contributed by atoms with Crippen molar-refractivity contribution in [3.63, 3.8) is 0 Å². The summed E-state index contributed by atoms with van der Waals surface area (Å²) < 4.78 is 20.6. The number of aromatic amines is 1. The first-order chi connectivity index (χ1) is 14.5. The number of nitrogens with one attached hydrogen (secondary N) is 2. The Morgan fingerprint density at radius 3 is 2.68 bits per heavy atom. The van der Waals surface area contributed by atoms with Crippen LogP contribution in [0.3, 0.4) is 0 Å². The van der Waals surface area contributed by atoms with Crippen molar-refractivity contribution in [1.29, 1.82) is 0 Å². The van der Waals surface area contributed by atoms with E-state index in [2.05, 4.69) is 14.4 Å². The maximum absolute atomic E-state index is 12.8. The van der Waals surface area contributed by atoms with Crippen LogP contribution in [0.1, 0.15) is 26.5 Å². The minimum atomic E-state index is -4.25. The van der Waals surface area contributed by atoms with Crippen LogP contribution in [0, 0.1) is 5.92 Å². The lowest BCUT2D eigenvalue weighted by Gasteiger charge is -2.27. The van der Waals surface area contributed by atoms with Crippen LogP contribution in [0.15, 0.2) is 21.9 Å². The van der Waals surface area contributed by atoms with Gasteiger partial charge in [-0.05, 0) is 12.3 Å². The monoisotopic (exact) mass is 466 g/mol. The number of nitrogens with two attached hydrogens (primary N) is 1. The Hall–Kier alpha value is -1.74. The van der Waals surface area contributed by atoms with E-state index in [0.29, 0.717) is 0 Å². The maximum atomic E-state index is 12.8. The van der Waals surface area contributed by atoms with Gasteiger partial charge >= 0.3 is 19.8 Å². The number of rotatable bonds is 10. The zero-order chi connectivity index (χ0) is 23.3. The fourth-order valence-corrected chi connectivity index (χ4v) is 4.13. The summed E-state index contributed by atoms with van der Waals surface area (Å²) in [6, 6.07) is -0.0118. The van der Waals surface area contributed by atoms with Crippen molar-refractivity contribution < 1.29 is 38.5 Å². The van der Waals surface area contributed by atoms with Crippen LogP contribution in [0.2, 0.25) is 0 Å². The largest absolute Gasteiger partial charge is 0.615 e. The molecular formula is C16H27N4O10P+. The Morgan fingerprint density at radius 1 is 1.45 bits per heavy atom. The van der Waals surface area contributed by atoms with E-state index < -0.39 is 62.5 Å². The number of aromatic nitrogens is 2. The van der Waals surface area contributed by atoms with Crippen LogP contribution in [-0.4, -0.2) is 63.8 Å². The second-order valence-corrected chi connectivity index (χ2v) is 9.02. The van der Waals surface area contributed by atoms with Crippen LogP contribution in [0.4, 0.5) is 0 Å². The molecule has 1 radical (unpaired) electrons. The molecule has 6 N–H and O–H groups in total. The van der Waals surface area contributed by atoms with Gasteiger partial charge in [0, 0.05) is 12.3 Å². The van der Waals surface area contributed by atoms with Crippen molar-refractivity contribution >= 4 is 14.1 Å². The number of carbonyl (C=O) groups excluding carboxylic acids is 1. The second kappa shape index (κ2) is 10.7. The van der Waals surface area contributed by atoms with Gasteiger partial charge in [-0.2, -0.15) is 10.4 Å². The summed E-state index contributed by atoms with van der Waals surface area (Å²) in [6.07, 6.45) is -4.36. The number of nitrogens with zero attached hydrogens (tertiary/aromatic N) is 1. The van der Waals surface area contributed by atoms with Crippen molar-refractivity contribution in [3.8, 4) is 0 Å². The number of esters is 1. The molecule has 2 heterocycles. The predicted octanol–water partition coefficient (Wildman–Crippen LogP) is -2.72. The van der Waals surface area contributed by atoms with E-state index in [1.165, 1.54) is 0 Å². The van der Waals surface area contributed by atoms with Crippen molar-refractivity contribution in [2.75, 3.05) is 13.7 Å². The van der Waals surface area contributed by atoms with Gasteiger partial charge in [0.2, 0.25) is 6.04 Å². The lowest BCUT2D eigenvalue weighted by molar-refractivity contribution is -0.228. The summed E-state index contributed by atoms with van der Waals surface area (Å²) in [7, 11) is -3.09. The summed E-state index contributed by atoms with van der Waals surface area (Å²) in [5.74, 6) is 4.41. The number of hydrogen-bond donors (Lipinski definition) is 5. The molecule has 1 aliphatic heterocycles. The van der Waals surface area contributed by atoms with E-state index in [1.54, 1.807) is 0 Å². The first-order valence-corrected chi connectivity index (χ1v) is 10.9. The van der Waals surface area contributed by atoms with Crippen molar-refractivity contribution in [1.82, 2.24) is 14.6 Å². The standard InChI is InChI=1S/C16H27N4O10P/c1-8(2)6-9(15(24)27-3)19-31(26,30-17)28-7-10-12(22)13(23)14(29-10)20-5-4-11(21)18-16(20)25/h4-5,8-10,12-14,22-23H,6-7,17H2,1-3H3,(H,19,26)(H,18,21,25)/q+1/t9?,10-,12-,13+,14-,31?/m0/s1. The van der Waals surface area contributed by atoms with Gasteiger partial charge in [-0.15, -0.1) is 9.71 Å². The third kappa shape index (κ3) is 6.38. The molecule has 31 heavy (non-hydrogen) atoms. The number of ether oxygens (including phenoxy) is 2. The maximum Gasteiger partial charge on any atom is 0.594 e. The Morgan fingerprint density at radius 2 is 2.13 bits per heavy atom. The van der Waals surface area contributed by atoms with Gasteiger partial charge in [-0.3, -0.25) is 14.3 Å². The fraction of sp³-hybridized carbons (Fsp3) is 0.688. The Bertz CT molecular complexity index is 863. The molecule has 6 atom stereocenters.